The molecule has 0 atom stereocenters. The number of benzene rings is 1. The van der Waals surface area contributed by atoms with Gasteiger partial charge in [0.1, 0.15) is 6.26 Å². The Kier molecular flexibility index (Phi) is 3.27. The van der Waals surface area contributed by atoms with E-state index in [2.05, 4.69) is 21.1 Å². The summed E-state index contributed by atoms with van der Waals surface area (Å²) in [4.78, 5) is 20.9. The summed E-state index contributed by atoms with van der Waals surface area (Å²) in [6.45, 7) is 2.90. The summed E-state index contributed by atoms with van der Waals surface area (Å²) >= 11 is 1.70. The van der Waals surface area contributed by atoms with Gasteiger partial charge >= 0.3 is 0 Å². The zero-order chi connectivity index (χ0) is 14.9. The number of carbonyl (C=O) groups is 1. The van der Waals surface area contributed by atoms with Gasteiger partial charge in [-0.25, -0.2) is 4.98 Å². The van der Waals surface area contributed by atoms with Crippen LogP contribution in [0.5, 0.6) is 0 Å². The minimum absolute atomic E-state index is 0.0716. The number of nitrogens with zero attached hydrogens (tertiary/aromatic N) is 4. The van der Waals surface area contributed by atoms with Gasteiger partial charge in [0.05, 0.1) is 10.2 Å². The molecule has 3 heterocycles. The Bertz CT molecular complexity index is 758. The molecule has 1 aromatic carbocycles. The molecule has 0 unspecified atom stereocenters. The van der Waals surface area contributed by atoms with E-state index in [1.807, 2.05) is 23.1 Å². The molecule has 112 valence electrons. The maximum absolute atomic E-state index is 12.2. The monoisotopic (exact) mass is 314 g/mol. The maximum Gasteiger partial charge on any atom is 0.276 e. The van der Waals surface area contributed by atoms with E-state index >= 15 is 0 Å². The van der Waals surface area contributed by atoms with Crippen LogP contribution in [-0.2, 0) is 0 Å². The van der Waals surface area contributed by atoms with E-state index in [1.54, 1.807) is 17.4 Å². The number of amides is 1. The lowest BCUT2D eigenvalue weighted by Gasteiger charge is -2.34. The molecule has 4 rings (SSSR count). The van der Waals surface area contributed by atoms with Crippen molar-refractivity contribution in [3.63, 3.8) is 0 Å². The summed E-state index contributed by atoms with van der Waals surface area (Å²) in [5.74, 6) is -0.0716. The van der Waals surface area contributed by atoms with Crippen molar-refractivity contribution < 1.29 is 9.32 Å². The molecule has 0 aliphatic carbocycles. The van der Waals surface area contributed by atoms with Crippen LogP contribution in [0.1, 0.15) is 10.5 Å². The van der Waals surface area contributed by atoms with Crippen LogP contribution >= 0.6 is 11.3 Å². The Hall–Kier alpha value is -2.41. The third-order valence-corrected chi connectivity index (χ3v) is 4.87. The molecule has 6 nitrogen and oxygen atoms in total. The fourth-order valence-electron chi connectivity index (χ4n) is 2.58. The Morgan fingerprint density at radius 1 is 1.14 bits per heavy atom. The first kappa shape index (κ1) is 13.3. The normalized spacial score (nSPS) is 15.5. The molecular formula is C15H14N4O2S. The fourth-order valence-corrected chi connectivity index (χ4v) is 3.60. The molecule has 7 heteroatoms. The number of rotatable bonds is 2. The SMILES string of the molecule is O=C(c1ccon1)N1CCN(c2nc3ccccc3s2)CC1. The summed E-state index contributed by atoms with van der Waals surface area (Å²) in [5.41, 5.74) is 1.40. The highest BCUT2D eigenvalue weighted by atomic mass is 32.1. The number of aromatic nitrogens is 2. The third kappa shape index (κ3) is 2.33. The third-order valence-electron chi connectivity index (χ3n) is 3.78. The van der Waals surface area contributed by atoms with E-state index < -0.39 is 0 Å². The van der Waals surface area contributed by atoms with Crippen LogP contribution in [0.3, 0.4) is 0 Å². The smallest absolute Gasteiger partial charge is 0.276 e. The van der Waals surface area contributed by atoms with Crippen molar-refractivity contribution in [3.8, 4) is 0 Å². The number of hydrogen-bond donors (Lipinski definition) is 0. The second kappa shape index (κ2) is 5.42. The van der Waals surface area contributed by atoms with Crippen molar-refractivity contribution in [3.05, 3.63) is 42.3 Å². The molecule has 0 spiro atoms. The van der Waals surface area contributed by atoms with Gasteiger partial charge in [-0.05, 0) is 12.1 Å². The highest BCUT2D eigenvalue weighted by Crippen LogP contribution is 2.29. The van der Waals surface area contributed by atoms with Gasteiger partial charge in [-0.15, -0.1) is 0 Å². The standard InChI is InChI=1S/C15H14N4O2S/c20-14(12-5-10-21-17-12)18-6-8-19(9-7-18)15-16-11-3-1-2-4-13(11)22-15/h1-5,10H,6-9H2. The number of fused-ring (bicyclic) bond motifs is 1. The first-order chi connectivity index (χ1) is 10.8. The molecule has 3 aromatic rings. The second-order valence-corrected chi connectivity index (χ2v) is 6.14. The predicted octanol–water partition coefficient (Wildman–Crippen LogP) is 2.25. The lowest BCUT2D eigenvalue weighted by molar-refractivity contribution is 0.0736. The van der Waals surface area contributed by atoms with Crippen molar-refractivity contribution >= 4 is 32.6 Å². The van der Waals surface area contributed by atoms with Crippen LogP contribution in [0.15, 0.2) is 41.1 Å². The van der Waals surface area contributed by atoms with Crippen molar-refractivity contribution in [1.82, 2.24) is 15.0 Å². The van der Waals surface area contributed by atoms with Gasteiger partial charge in [-0.1, -0.05) is 28.6 Å². The van der Waals surface area contributed by atoms with Crippen molar-refractivity contribution in [2.24, 2.45) is 0 Å². The number of anilines is 1. The Morgan fingerprint density at radius 2 is 1.95 bits per heavy atom. The number of para-hydroxylation sites is 1. The average molecular weight is 314 g/mol. The van der Waals surface area contributed by atoms with Gasteiger partial charge in [0, 0.05) is 32.2 Å². The zero-order valence-corrected chi connectivity index (χ0v) is 12.6. The molecule has 1 saturated heterocycles. The second-order valence-electron chi connectivity index (χ2n) is 5.13. The Labute approximate surface area is 130 Å². The van der Waals surface area contributed by atoms with Gasteiger partial charge in [-0.3, -0.25) is 4.79 Å². The summed E-state index contributed by atoms with van der Waals surface area (Å²) < 4.78 is 5.93. The first-order valence-corrected chi connectivity index (χ1v) is 7.93. The Morgan fingerprint density at radius 3 is 2.68 bits per heavy atom. The minimum atomic E-state index is -0.0716. The van der Waals surface area contributed by atoms with E-state index in [-0.39, 0.29) is 5.91 Å². The molecule has 1 aliphatic heterocycles. The maximum atomic E-state index is 12.2. The lowest BCUT2D eigenvalue weighted by atomic mass is 10.3. The predicted molar refractivity (Wildman–Crippen MR) is 84.2 cm³/mol. The van der Waals surface area contributed by atoms with Crippen LogP contribution in [0.4, 0.5) is 5.13 Å². The number of piperazine rings is 1. The quantitative estimate of drug-likeness (QED) is 0.726. The van der Waals surface area contributed by atoms with Gasteiger partial charge < -0.3 is 14.3 Å². The van der Waals surface area contributed by atoms with Gasteiger partial charge in [0.15, 0.2) is 10.8 Å². The van der Waals surface area contributed by atoms with Gasteiger partial charge in [-0.2, -0.15) is 0 Å². The largest absolute Gasteiger partial charge is 0.364 e. The molecule has 0 saturated carbocycles. The van der Waals surface area contributed by atoms with Gasteiger partial charge in [0.2, 0.25) is 0 Å². The van der Waals surface area contributed by atoms with E-state index in [9.17, 15) is 4.79 Å². The topological polar surface area (TPSA) is 62.5 Å². The summed E-state index contributed by atoms with van der Waals surface area (Å²) in [5, 5.41) is 4.73. The first-order valence-electron chi connectivity index (χ1n) is 7.11. The molecular weight excluding hydrogens is 300 g/mol. The van der Waals surface area contributed by atoms with Crippen LogP contribution in [0, 0.1) is 0 Å². The zero-order valence-electron chi connectivity index (χ0n) is 11.8. The molecule has 1 fully saturated rings. The van der Waals surface area contributed by atoms with Crippen molar-refractivity contribution in [2.45, 2.75) is 0 Å². The van der Waals surface area contributed by atoms with Crippen molar-refractivity contribution in [2.75, 3.05) is 31.1 Å². The molecule has 1 aliphatic rings. The van der Waals surface area contributed by atoms with E-state index in [4.69, 9.17) is 4.52 Å². The minimum Gasteiger partial charge on any atom is -0.364 e. The van der Waals surface area contributed by atoms with Crippen molar-refractivity contribution in [1.29, 1.82) is 0 Å². The molecule has 2 aromatic heterocycles. The molecule has 0 N–H and O–H groups in total. The molecule has 22 heavy (non-hydrogen) atoms. The highest BCUT2D eigenvalue weighted by Gasteiger charge is 2.25. The van der Waals surface area contributed by atoms with Gasteiger partial charge in [0.25, 0.3) is 5.91 Å². The average Bonchev–Trinajstić information content (AvgIpc) is 3.23. The number of thiazole rings is 1. The summed E-state index contributed by atoms with van der Waals surface area (Å²) in [6, 6.07) is 9.74. The fraction of sp³-hybridized carbons (Fsp3) is 0.267. The van der Waals surface area contributed by atoms with Crippen LogP contribution < -0.4 is 4.90 Å². The number of hydrogen-bond acceptors (Lipinski definition) is 6. The Balaban J connectivity index is 1.46. The van der Waals surface area contributed by atoms with Crippen LogP contribution in [0.25, 0.3) is 10.2 Å². The summed E-state index contributed by atoms with van der Waals surface area (Å²) in [7, 11) is 0. The van der Waals surface area contributed by atoms with Crippen LogP contribution in [0.2, 0.25) is 0 Å². The van der Waals surface area contributed by atoms with Crippen LogP contribution in [-0.4, -0.2) is 47.1 Å². The molecule has 0 bridgehead atoms. The summed E-state index contributed by atoms with van der Waals surface area (Å²) in [6.07, 6.45) is 1.42. The van der Waals surface area contributed by atoms with E-state index in [0.29, 0.717) is 18.8 Å². The lowest BCUT2D eigenvalue weighted by Crippen LogP contribution is -2.48. The van der Waals surface area contributed by atoms with E-state index in [0.717, 1.165) is 23.7 Å². The van der Waals surface area contributed by atoms with E-state index in [1.165, 1.54) is 11.0 Å². The molecule has 1 amide bonds. The number of carbonyl (C=O) groups excluding carboxylic acids is 1. The highest BCUT2D eigenvalue weighted by molar-refractivity contribution is 7.22. The molecule has 0 radical (unpaired) electrons.